The molecule has 1 aromatic rings. The van der Waals surface area contributed by atoms with Crippen LogP contribution in [-0.4, -0.2) is 19.3 Å². The zero-order valence-corrected chi connectivity index (χ0v) is 14.1. The van der Waals surface area contributed by atoms with Gasteiger partial charge in [0.15, 0.2) is 0 Å². The van der Waals surface area contributed by atoms with Gasteiger partial charge >= 0.3 is 0 Å². The molecule has 118 valence electrons. The van der Waals surface area contributed by atoms with E-state index in [9.17, 15) is 0 Å². The van der Waals surface area contributed by atoms with Crippen molar-refractivity contribution in [2.45, 2.75) is 59.1 Å². The lowest BCUT2D eigenvalue weighted by Gasteiger charge is -2.32. The SMILES string of the molecule is CCNC(COC1CC(C)CC(C)C1)c1ccccc1C. The summed E-state index contributed by atoms with van der Waals surface area (Å²) in [6.45, 7) is 10.8. The fourth-order valence-electron chi connectivity index (χ4n) is 3.72. The van der Waals surface area contributed by atoms with Gasteiger partial charge in [0.05, 0.1) is 18.8 Å². The summed E-state index contributed by atoms with van der Waals surface area (Å²) in [6, 6.07) is 8.94. The van der Waals surface area contributed by atoms with Gasteiger partial charge in [0.2, 0.25) is 0 Å². The van der Waals surface area contributed by atoms with Crippen LogP contribution in [-0.2, 0) is 4.74 Å². The van der Waals surface area contributed by atoms with E-state index < -0.39 is 0 Å². The molecular formula is C19H31NO. The van der Waals surface area contributed by atoms with Crippen molar-refractivity contribution in [1.29, 1.82) is 0 Å². The molecule has 2 heteroatoms. The van der Waals surface area contributed by atoms with E-state index in [1.807, 2.05) is 0 Å². The average Bonchev–Trinajstić information content (AvgIpc) is 2.43. The second kappa shape index (κ2) is 7.95. The first kappa shape index (κ1) is 16.5. The number of nitrogens with one attached hydrogen (secondary N) is 1. The summed E-state index contributed by atoms with van der Waals surface area (Å²) >= 11 is 0. The van der Waals surface area contributed by atoms with Crippen LogP contribution in [0.15, 0.2) is 24.3 Å². The molecule has 0 aromatic heterocycles. The van der Waals surface area contributed by atoms with Crippen LogP contribution in [0.1, 0.15) is 57.2 Å². The summed E-state index contributed by atoms with van der Waals surface area (Å²) in [4.78, 5) is 0. The number of hydrogen-bond donors (Lipinski definition) is 1. The van der Waals surface area contributed by atoms with Gasteiger partial charge in [0.1, 0.15) is 0 Å². The maximum atomic E-state index is 6.29. The van der Waals surface area contributed by atoms with Crippen LogP contribution in [0.4, 0.5) is 0 Å². The highest BCUT2D eigenvalue weighted by molar-refractivity contribution is 5.28. The summed E-state index contributed by atoms with van der Waals surface area (Å²) in [5, 5.41) is 3.58. The summed E-state index contributed by atoms with van der Waals surface area (Å²) in [7, 11) is 0. The predicted octanol–water partition coefficient (Wildman–Crippen LogP) is 4.49. The van der Waals surface area contributed by atoms with Crippen molar-refractivity contribution in [3.63, 3.8) is 0 Å². The Morgan fingerprint density at radius 2 is 1.81 bits per heavy atom. The highest BCUT2D eigenvalue weighted by atomic mass is 16.5. The molecule has 0 amide bonds. The Balaban J connectivity index is 1.96. The first-order chi connectivity index (χ1) is 10.1. The Morgan fingerprint density at radius 3 is 2.43 bits per heavy atom. The Kier molecular flexibility index (Phi) is 6.25. The van der Waals surface area contributed by atoms with Crippen molar-refractivity contribution in [2.24, 2.45) is 11.8 Å². The number of likely N-dealkylation sites (N-methyl/N-ethyl adjacent to an activating group) is 1. The van der Waals surface area contributed by atoms with Crippen molar-refractivity contribution in [3.8, 4) is 0 Å². The number of aryl methyl sites for hydroxylation is 1. The third-order valence-electron chi connectivity index (χ3n) is 4.65. The summed E-state index contributed by atoms with van der Waals surface area (Å²) in [6.07, 6.45) is 4.23. The van der Waals surface area contributed by atoms with Gasteiger partial charge in [-0.1, -0.05) is 45.0 Å². The van der Waals surface area contributed by atoms with Gasteiger partial charge in [-0.05, 0) is 55.7 Å². The van der Waals surface area contributed by atoms with E-state index in [0.717, 1.165) is 25.0 Å². The monoisotopic (exact) mass is 289 g/mol. The lowest BCUT2D eigenvalue weighted by molar-refractivity contribution is -0.00914. The molecule has 0 bridgehead atoms. The molecule has 0 heterocycles. The second-order valence-electron chi connectivity index (χ2n) is 6.84. The Labute approximate surface area is 130 Å². The molecule has 0 radical (unpaired) electrons. The van der Waals surface area contributed by atoms with Crippen LogP contribution in [0.2, 0.25) is 0 Å². The van der Waals surface area contributed by atoms with Crippen molar-refractivity contribution in [2.75, 3.05) is 13.2 Å². The number of ether oxygens (including phenoxy) is 1. The van der Waals surface area contributed by atoms with Crippen LogP contribution in [0.3, 0.4) is 0 Å². The van der Waals surface area contributed by atoms with E-state index in [1.165, 1.54) is 30.4 Å². The minimum absolute atomic E-state index is 0.309. The zero-order chi connectivity index (χ0) is 15.2. The smallest absolute Gasteiger partial charge is 0.0665 e. The third kappa shape index (κ3) is 4.82. The normalized spacial score (nSPS) is 27.5. The summed E-state index contributed by atoms with van der Waals surface area (Å²) in [5.41, 5.74) is 2.72. The third-order valence-corrected chi connectivity index (χ3v) is 4.65. The minimum Gasteiger partial charge on any atom is -0.376 e. The zero-order valence-electron chi connectivity index (χ0n) is 14.1. The van der Waals surface area contributed by atoms with Gasteiger partial charge in [-0.25, -0.2) is 0 Å². The first-order valence-corrected chi connectivity index (χ1v) is 8.50. The van der Waals surface area contributed by atoms with Gasteiger partial charge in [0.25, 0.3) is 0 Å². The lowest BCUT2D eigenvalue weighted by atomic mass is 9.82. The molecule has 1 aliphatic rings. The minimum atomic E-state index is 0.309. The molecule has 1 saturated carbocycles. The molecule has 0 saturated heterocycles. The Morgan fingerprint density at radius 1 is 1.14 bits per heavy atom. The number of benzene rings is 1. The molecular weight excluding hydrogens is 258 g/mol. The molecule has 1 N–H and O–H groups in total. The largest absolute Gasteiger partial charge is 0.376 e. The van der Waals surface area contributed by atoms with Crippen LogP contribution >= 0.6 is 0 Å². The van der Waals surface area contributed by atoms with E-state index >= 15 is 0 Å². The predicted molar refractivity (Wildman–Crippen MR) is 89.5 cm³/mol. The molecule has 0 spiro atoms. The van der Waals surface area contributed by atoms with Gasteiger partial charge in [-0.3, -0.25) is 0 Å². The quantitative estimate of drug-likeness (QED) is 0.833. The fourth-order valence-corrected chi connectivity index (χ4v) is 3.72. The highest BCUT2D eigenvalue weighted by Gasteiger charge is 2.25. The van der Waals surface area contributed by atoms with Crippen molar-refractivity contribution in [3.05, 3.63) is 35.4 Å². The van der Waals surface area contributed by atoms with Gasteiger partial charge in [-0.2, -0.15) is 0 Å². The van der Waals surface area contributed by atoms with Crippen molar-refractivity contribution in [1.82, 2.24) is 5.32 Å². The molecule has 1 aliphatic carbocycles. The molecule has 2 rings (SSSR count). The number of hydrogen-bond acceptors (Lipinski definition) is 2. The summed E-state index contributed by atoms with van der Waals surface area (Å²) in [5.74, 6) is 1.60. The van der Waals surface area contributed by atoms with Crippen LogP contribution in [0.25, 0.3) is 0 Å². The molecule has 3 unspecified atom stereocenters. The first-order valence-electron chi connectivity index (χ1n) is 8.50. The second-order valence-corrected chi connectivity index (χ2v) is 6.84. The molecule has 21 heavy (non-hydrogen) atoms. The highest BCUT2D eigenvalue weighted by Crippen LogP contribution is 2.31. The molecule has 3 atom stereocenters. The van der Waals surface area contributed by atoms with Crippen LogP contribution < -0.4 is 5.32 Å². The average molecular weight is 289 g/mol. The van der Waals surface area contributed by atoms with Crippen LogP contribution in [0.5, 0.6) is 0 Å². The molecule has 0 aliphatic heterocycles. The standard InChI is InChI=1S/C19H31NO/c1-5-20-19(18-9-7-6-8-16(18)4)13-21-17-11-14(2)10-15(3)12-17/h6-9,14-15,17,19-20H,5,10-13H2,1-4H3. The fraction of sp³-hybridized carbons (Fsp3) is 0.684. The number of rotatable bonds is 6. The van der Waals surface area contributed by atoms with E-state index in [2.05, 4.69) is 57.3 Å². The van der Waals surface area contributed by atoms with E-state index in [-0.39, 0.29) is 0 Å². The molecule has 1 aromatic carbocycles. The molecule has 2 nitrogen and oxygen atoms in total. The Hall–Kier alpha value is -0.860. The summed E-state index contributed by atoms with van der Waals surface area (Å²) < 4.78 is 6.29. The van der Waals surface area contributed by atoms with Crippen LogP contribution in [0, 0.1) is 18.8 Å². The van der Waals surface area contributed by atoms with Crippen molar-refractivity contribution >= 4 is 0 Å². The van der Waals surface area contributed by atoms with Crippen molar-refractivity contribution < 1.29 is 4.74 Å². The van der Waals surface area contributed by atoms with Gasteiger partial charge in [0, 0.05) is 0 Å². The van der Waals surface area contributed by atoms with E-state index in [1.54, 1.807) is 0 Å². The van der Waals surface area contributed by atoms with E-state index in [0.29, 0.717) is 12.1 Å². The topological polar surface area (TPSA) is 21.3 Å². The van der Waals surface area contributed by atoms with E-state index in [4.69, 9.17) is 4.74 Å². The van der Waals surface area contributed by atoms with Gasteiger partial charge < -0.3 is 10.1 Å². The lowest BCUT2D eigenvalue weighted by Crippen LogP contribution is -2.31. The maximum Gasteiger partial charge on any atom is 0.0665 e. The molecule has 1 fully saturated rings. The Bertz CT molecular complexity index is 421. The maximum absolute atomic E-state index is 6.29. The van der Waals surface area contributed by atoms with Gasteiger partial charge in [-0.15, -0.1) is 0 Å².